The zero-order valence-corrected chi connectivity index (χ0v) is 5.02. The summed E-state index contributed by atoms with van der Waals surface area (Å²) in [5.41, 5.74) is -0.565. The number of fused-ring (bicyclic) bond motifs is 2. The van der Waals surface area contributed by atoms with Gasteiger partial charge in [-0.15, -0.1) is 0 Å². The minimum absolute atomic E-state index is 0.409. The van der Waals surface area contributed by atoms with Gasteiger partial charge in [0.25, 0.3) is 0 Å². The second-order valence-electron chi connectivity index (χ2n) is 2.69. The predicted octanol–water partition coefficient (Wildman–Crippen LogP) is -0.773. The summed E-state index contributed by atoms with van der Waals surface area (Å²) >= 11 is 0. The molecule has 49 valence electrons. The summed E-state index contributed by atoms with van der Waals surface area (Å²) in [7, 11) is 0. The van der Waals surface area contributed by atoms with Crippen LogP contribution in [0.3, 0.4) is 0 Å². The van der Waals surface area contributed by atoms with E-state index in [1.807, 2.05) is 6.29 Å². The quantitative estimate of drug-likeness (QED) is 0.501. The van der Waals surface area contributed by atoms with Crippen molar-refractivity contribution in [1.82, 2.24) is 5.32 Å². The number of morpholine rings is 1. The molecule has 2 aliphatic rings. The maximum Gasteiger partial charge on any atom is 0.234 e. The normalized spacial score (nSPS) is 47.8. The van der Waals surface area contributed by atoms with Crippen molar-refractivity contribution in [3.05, 3.63) is 0 Å². The van der Waals surface area contributed by atoms with Crippen LogP contribution in [0.1, 0.15) is 6.42 Å². The van der Waals surface area contributed by atoms with Crippen molar-refractivity contribution >= 4 is 6.29 Å². The number of nitrogens with one attached hydrogen (secondary N) is 1. The van der Waals surface area contributed by atoms with E-state index in [9.17, 15) is 4.79 Å². The Morgan fingerprint density at radius 2 is 2.67 bits per heavy atom. The Morgan fingerprint density at radius 1 is 1.78 bits per heavy atom. The lowest BCUT2D eigenvalue weighted by atomic mass is 10.1. The number of hydrogen-bond acceptors (Lipinski definition) is 3. The second kappa shape index (κ2) is 1.55. The second-order valence-corrected chi connectivity index (χ2v) is 2.69. The highest BCUT2D eigenvalue weighted by Gasteiger charge is 2.46. The molecule has 0 aromatic heterocycles. The molecule has 2 bridgehead atoms. The van der Waals surface area contributed by atoms with Crippen LogP contribution in [-0.2, 0) is 9.53 Å². The molecule has 9 heavy (non-hydrogen) atoms. The Labute approximate surface area is 53.4 Å². The van der Waals surface area contributed by atoms with Crippen molar-refractivity contribution < 1.29 is 9.53 Å². The molecule has 2 unspecified atom stereocenters. The first kappa shape index (κ1) is 5.38. The van der Waals surface area contributed by atoms with E-state index in [1.54, 1.807) is 0 Å². The van der Waals surface area contributed by atoms with E-state index in [-0.39, 0.29) is 0 Å². The lowest BCUT2D eigenvalue weighted by molar-refractivity contribution is 0.0443. The Balaban J connectivity index is 2.21. The van der Waals surface area contributed by atoms with Crippen molar-refractivity contribution in [1.29, 1.82) is 0 Å². The molecule has 1 N–H and O–H groups in total. The molecule has 2 rings (SSSR count). The van der Waals surface area contributed by atoms with Crippen LogP contribution < -0.4 is 5.32 Å². The molecule has 2 aliphatic heterocycles. The van der Waals surface area contributed by atoms with Gasteiger partial charge in [-0.05, 0) is 0 Å². The van der Waals surface area contributed by atoms with Crippen molar-refractivity contribution in [3.8, 4) is 0 Å². The third-order valence-electron chi connectivity index (χ3n) is 2.00. The van der Waals surface area contributed by atoms with Crippen LogP contribution in [0, 0.1) is 0 Å². The first-order chi connectivity index (χ1) is 4.35. The van der Waals surface area contributed by atoms with Gasteiger partial charge in [-0.1, -0.05) is 0 Å². The van der Waals surface area contributed by atoms with Gasteiger partial charge in [0.2, 0.25) is 6.29 Å². The van der Waals surface area contributed by atoms with Crippen LogP contribution in [0.2, 0.25) is 0 Å². The Bertz CT molecular complexity index is 138. The van der Waals surface area contributed by atoms with Crippen molar-refractivity contribution in [2.75, 3.05) is 13.2 Å². The van der Waals surface area contributed by atoms with Crippen molar-refractivity contribution in [3.63, 3.8) is 0 Å². The molecule has 0 aromatic rings. The summed E-state index contributed by atoms with van der Waals surface area (Å²) in [4.78, 5) is 10.3. The standard InChI is InChI=1S/C6H8NO2/c8-4-6-1-5(2-9-6)7-3-6/h5,7H,1-3H2. The van der Waals surface area contributed by atoms with E-state index in [4.69, 9.17) is 4.74 Å². The molecular weight excluding hydrogens is 118 g/mol. The van der Waals surface area contributed by atoms with Crippen LogP contribution in [0.25, 0.3) is 0 Å². The predicted molar refractivity (Wildman–Crippen MR) is 30.8 cm³/mol. The maximum absolute atomic E-state index is 10.3. The highest BCUT2D eigenvalue weighted by Crippen LogP contribution is 2.28. The van der Waals surface area contributed by atoms with Crippen LogP contribution in [0.5, 0.6) is 0 Å². The fourth-order valence-corrected chi connectivity index (χ4v) is 1.45. The van der Waals surface area contributed by atoms with E-state index in [0.717, 1.165) is 6.42 Å². The van der Waals surface area contributed by atoms with Gasteiger partial charge in [-0.25, -0.2) is 0 Å². The molecule has 0 saturated carbocycles. The molecule has 0 aromatic carbocycles. The summed E-state index contributed by atoms with van der Waals surface area (Å²) < 4.78 is 5.20. The number of hydrogen-bond donors (Lipinski definition) is 1. The average Bonchev–Trinajstić information content (AvgIpc) is 2.46. The molecule has 2 atom stereocenters. The van der Waals surface area contributed by atoms with Crippen LogP contribution in [0.4, 0.5) is 0 Å². The first-order valence-corrected chi connectivity index (χ1v) is 3.11. The molecule has 2 fully saturated rings. The van der Waals surface area contributed by atoms with Gasteiger partial charge in [0, 0.05) is 19.0 Å². The van der Waals surface area contributed by atoms with Crippen molar-refractivity contribution in [2.24, 2.45) is 0 Å². The van der Waals surface area contributed by atoms with Crippen LogP contribution in [-0.4, -0.2) is 31.1 Å². The zero-order valence-electron chi connectivity index (χ0n) is 5.02. The smallest absolute Gasteiger partial charge is 0.234 e. The Hall–Kier alpha value is -0.410. The highest BCUT2D eigenvalue weighted by molar-refractivity contribution is 5.65. The molecule has 0 amide bonds. The van der Waals surface area contributed by atoms with E-state index >= 15 is 0 Å². The highest BCUT2D eigenvalue weighted by atomic mass is 16.5. The fourth-order valence-electron chi connectivity index (χ4n) is 1.45. The summed E-state index contributed by atoms with van der Waals surface area (Å²) in [6.07, 6.45) is 2.75. The summed E-state index contributed by atoms with van der Waals surface area (Å²) in [5, 5.41) is 3.16. The third kappa shape index (κ3) is 0.618. The minimum Gasteiger partial charge on any atom is -0.364 e. The number of carbonyl (C=O) groups excluding carboxylic acids is 1. The first-order valence-electron chi connectivity index (χ1n) is 3.11. The lowest BCUT2D eigenvalue weighted by Gasteiger charge is -2.18. The Kier molecular flexibility index (Phi) is 0.926. The summed E-state index contributed by atoms with van der Waals surface area (Å²) in [6.45, 7) is 1.33. The molecule has 1 radical (unpaired) electrons. The maximum atomic E-state index is 10.3. The third-order valence-corrected chi connectivity index (χ3v) is 2.00. The van der Waals surface area contributed by atoms with Gasteiger partial charge in [-0.3, -0.25) is 4.79 Å². The average molecular weight is 126 g/mol. The summed E-state index contributed by atoms with van der Waals surface area (Å²) in [5.74, 6) is 0. The molecule has 2 saturated heterocycles. The van der Waals surface area contributed by atoms with E-state index < -0.39 is 5.60 Å². The SMILES string of the molecule is O=[C]C12CNC(CO1)C2. The minimum atomic E-state index is -0.565. The van der Waals surface area contributed by atoms with Crippen LogP contribution in [0.15, 0.2) is 0 Å². The fraction of sp³-hybridized carbons (Fsp3) is 0.833. The number of rotatable bonds is 1. The van der Waals surface area contributed by atoms with Gasteiger partial charge >= 0.3 is 0 Å². The lowest BCUT2D eigenvalue weighted by Crippen LogP contribution is -2.40. The van der Waals surface area contributed by atoms with E-state index in [1.165, 1.54) is 0 Å². The number of ether oxygens (including phenoxy) is 1. The largest absolute Gasteiger partial charge is 0.364 e. The van der Waals surface area contributed by atoms with E-state index in [2.05, 4.69) is 5.32 Å². The van der Waals surface area contributed by atoms with Crippen molar-refractivity contribution in [2.45, 2.75) is 18.1 Å². The molecule has 0 spiro atoms. The summed E-state index contributed by atoms with van der Waals surface area (Å²) in [6, 6.07) is 0.409. The van der Waals surface area contributed by atoms with E-state index in [0.29, 0.717) is 19.2 Å². The molecule has 3 heteroatoms. The van der Waals surface area contributed by atoms with Crippen LogP contribution >= 0.6 is 0 Å². The monoisotopic (exact) mass is 126 g/mol. The van der Waals surface area contributed by atoms with Gasteiger partial charge in [0.15, 0.2) is 0 Å². The van der Waals surface area contributed by atoms with Gasteiger partial charge in [0.05, 0.1) is 6.61 Å². The Morgan fingerprint density at radius 3 is 2.89 bits per heavy atom. The van der Waals surface area contributed by atoms with Gasteiger partial charge in [-0.2, -0.15) is 0 Å². The topological polar surface area (TPSA) is 38.3 Å². The molecule has 3 nitrogen and oxygen atoms in total. The zero-order chi connectivity index (χ0) is 6.32. The van der Waals surface area contributed by atoms with Gasteiger partial charge in [0.1, 0.15) is 5.60 Å². The van der Waals surface area contributed by atoms with Gasteiger partial charge < -0.3 is 10.1 Å². The molecule has 0 aliphatic carbocycles. The molecular formula is C6H8NO2. The molecule has 2 heterocycles.